The summed E-state index contributed by atoms with van der Waals surface area (Å²) in [7, 11) is 0. The molecule has 12 atom stereocenters. The topological polar surface area (TPSA) is 228 Å². The molecule has 0 aliphatic carbocycles. The van der Waals surface area contributed by atoms with Crippen molar-refractivity contribution in [2.24, 2.45) is 0 Å². The minimum Gasteiger partial charge on any atom is -0.394 e. The van der Waals surface area contributed by atoms with E-state index in [1.54, 1.807) is 6.08 Å². The third-order valence-corrected chi connectivity index (χ3v) is 14.7. The van der Waals surface area contributed by atoms with Crippen molar-refractivity contribution in [3.8, 4) is 0 Å². The van der Waals surface area contributed by atoms with Gasteiger partial charge in [-0.05, 0) is 57.8 Å². The van der Waals surface area contributed by atoms with Crippen molar-refractivity contribution in [3.63, 3.8) is 0 Å². The lowest BCUT2D eigenvalue weighted by Gasteiger charge is -2.46. The summed E-state index contributed by atoms with van der Waals surface area (Å²) in [6.45, 7) is 2.66. The van der Waals surface area contributed by atoms with Gasteiger partial charge in [0.2, 0.25) is 5.91 Å². The van der Waals surface area contributed by atoms with Crippen LogP contribution in [0.1, 0.15) is 232 Å². The van der Waals surface area contributed by atoms with E-state index < -0.39 is 86.8 Å². The Bertz CT molecular complexity index is 1510. The summed E-state index contributed by atoms with van der Waals surface area (Å²) >= 11 is 0. The van der Waals surface area contributed by atoms with E-state index in [1.165, 1.54) is 148 Å². The first-order chi connectivity index (χ1) is 37.1. The lowest BCUT2D eigenvalue weighted by atomic mass is 9.97. The number of aliphatic hydroxyl groups excluding tert-OH is 8. The van der Waals surface area contributed by atoms with E-state index in [2.05, 4.69) is 67.8 Å². The molecule has 12 unspecified atom stereocenters. The highest BCUT2D eigenvalue weighted by molar-refractivity contribution is 5.76. The van der Waals surface area contributed by atoms with Crippen molar-refractivity contribution in [2.75, 3.05) is 19.8 Å². The molecule has 1 amide bonds. The van der Waals surface area contributed by atoms with Gasteiger partial charge in [0.15, 0.2) is 12.6 Å². The predicted molar refractivity (Wildman–Crippen MR) is 304 cm³/mol. The second kappa shape index (κ2) is 47.5. The van der Waals surface area contributed by atoms with Crippen LogP contribution >= 0.6 is 0 Å². The first-order valence-corrected chi connectivity index (χ1v) is 30.5. The van der Waals surface area contributed by atoms with E-state index in [4.69, 9.17) is 18.9 Å². The average Bonchev–Trinajstić information content (AvgIpc) is 3.42. The fourth-order valence-corrected chi connectivity index (χ4v) is 9.81. The Morgan fingerprint density at radius 2 is 0.908 bits per heavy atom. The van der Waals surface area contributed by atoms with Crippen molar-refractivity contribution < 1.29 is 64.6 Å². The summed E-state index contributed by atoms with van der Waals surface area (Å²) in [6.07, 6.45) is 44.2. The summed E-state index contributed by atoms with van der Waals surface area (Å²) < 4.78 is 22.7. The van der Waals surface area contributed by atoms with Gasteiger partial charge in [0.1, 0.15) is 48.8 Å². The number of unbranched alkanes of at least 4 members (excludes halogenated alkanes) is 27. The maximum absolute atomic E-state index is 13.2. The van der Waals surface area contributed by atoms with Crippen LogP contribution in [-0.4, -0.2) is 140 Å². The summed E-state index contributed by atoms with van der Waals surface area (Å²) in [6, 6.07) is -0.939. The Morgan fingerprint density at radius 3 is 1.39 bits per heavy atom. The van der Waals surface area contributed by atoms with E-state index in [1.807, 2.05) is 6.08 Å². The summed E-state index contributed by atoms with van der Waals surface area (Å²) in [5.41, 5.74) is 0. The molecule has 0 radical (unpaired) electrons. The van der Waals surface area contributed by atoms with Crippen LogP contribution in [0.4, 0.5) is 0 Å². The standard InChI is InChI=1S/C62H111NO13/c1-3-5-7-9-11-13-15-17-19-20-21-22-23-24-25-26-27-28-29-30-32-33-35-37-39-41-43-45-51(66)50(63-54(67)46-44-42-40-38-36-34-31-18-16-14-12-10-8-6-4-2)49-73-61-59(72)57(70)60(53(48-65)75-61)76-62-58(71)56(69)55(68)52(47-64)74-62/h6,8,12,14,18,31,36,38,43,45,50-53,55-62,64-66,68-72H,3-5,7,9-11,13,15-17,19-30,32-35,37,39-42,44,46-49H2,1-2H3,(H,63,67)/b8-6-,14-12-,31-18-,38-36-,45-43+. The monoisotopic (exact) mass is 1080 g/mol. The third kappa shape index (κ3) is 32.7. The van der Waals surface area contributed by atoms with Crippen LogP contribution in [0.2, 0.25) is 0 Å². The molecule has 0 bridgehead atoms. The number of nitrogens with one attached hydrogen (secondary N) is 1. The number of aliphatic hydroxyl groups is 8. The van der Waals surface area contributed by atoms with Gasteiger partial charge in [-0.15, -0.1) is 0 Å². The van der Waals surface area contributed by atoms with Crippen LogP contribution in [-0.2, 0) is 23.7 Å². The van der Waals surface area contributed by atoms with E-state index >= 15 is 0 Å². The molecule has 2 heterocycles. The van der Waals surface area contributed by atoms with Gasteiger partial charge in [0.25, 0.3) is 0 Å². The van der Waals surface area contributed by atoms with E-state index in [-0.39, 0.29) is 18.9 Å². The Labute approximate surface area is 460 Å². The molecule has 0 aromatic carbocycles. The summed E-state index contributed by atoms with van der Waals surface area (Å²) in [5, 5.41) is 87.1. The largest absolute Gasteiger partial charge is 0.394 e. The molecule has 76 heavy (non-hydrogen) atoms. The van der Waals surface area contributed by atoms with Gasteiger partial charge >= 0.3 is 0 Å². The highest BCUT2D eigenvalue weighted by Gasteiger charge is 2.51. The first kappa shape index (κ1) is 69.8. The molecule has 0 aromatic rings. The number of ether oxygens (including phenoxy) is 4. The van der Waals surface area contributed by atoms with Gasteiger partial charge in [-0.2, -0.15) is 0 Å². The van der Waals surface area contributed by atoms with Crippen LogP contribution in [0.15, 0.2) is 60.8 Å². The van der Waals surface area contributed by atoms with Gasteiger partial charge < -0.3 is 65.1 Å². The van der Waals surface area contributed by atoms with Gasteiger partial charge in [0.05, 0.1) is 32.0 Å². The predicted octanol–water partition coefficient (Wildman–Crippen LogP) is 10.6. The first-order valence-electron chi connectivity index (χ1n) is 30.5. The lowest BCUT2D eigenvalue weighted by molar-refractivity contribution is -0.359. The van der Waals surface area contributed by atoms with E-state index in [9.17, 15) is 45.6 Å². The quantitative estimate of drug-likeness (QED) is 0.0204. The number of carbonyl (C=O) groups excluding carboxylic acids is 1. The molecule has 2 aliphatic rings. The maximum Gasteiger partial charge on any atom is 0.220 e. The van der Waals surface area contributed by atoms with Crippen molar-refractivity contribution in [2.45, 2.75) is 306 Å². The van der Waals surface area contributed by atoms with Crippen LogP contribution in [0.25, 0.3) is 0 Å². The zero-order valence-electron chi connectivity index (χ0n) is 47.5. The van der Waals surface area contributed by atoms with Crippen molar-refractivity contribution in [3.05, 3.63) is 60.8 Å². The molecule has 14 heteroatoms. The number of carbonyl (C=O) groups is 1. The fourth-order valence-electron chi connectivity index (χ4n) is 9.81. The molecule has 9 N–H and O–H groups in total. The molecule has 442 valence electrons. The molecule has 0 saturated carbocycles. The molecule has 2 saturated heterocycles. The average molecular weight is 1080 g/mol. The molecular formula is C62H111NO13. The lowest BCUT2D eigenvalue weighted by Crippen LogP contribution is -2.65. The van der Waals surface area contributed by atoms with Gasteiger partial charge in [-0.3, -0.25) is 4.79 Å². The van der Waals surface area contributed by atoms with Crippen molar-refractivity contribution >= 4 is 5.91 Å². The molecule has 2 rings (SSSR count). The molecular weight excluding hydrogens is 967 g/mol. The van der Waals surface area contributed by atoms with Crippen LogP contribution < -0.4 is 5.32 Å². The Kier molecular flexibility index (Phi) is 43.6. The zero-order valence-corrected chi connectivity index (χ0v) is 47.5. The SMILES string of the molecule is CC/C=C\C/C=C\C/C=C\C/C=C\CCCCC(=O)NC(COC1OC(CO)C(OC2OC(CO)C(O)C(O)C2O)C(O)C1O)C(O)/C=C/CCCCCCCCCCCCCCCCCCCCCCCCCCC. The van der Waals surface area contributed by atoms with Gasteiger partial charge in [-0.1, -0.05) is 229 Å². The highest BCUT2D eigenvalue weighted by Crippen LogP contribution is 2.30. The maximum atomic E-state index is 13.2. The van der Waals surface area contributed by atoms with E-state index in [0.717, 1.165) is 57.8 Å². The second-order valence-electron chi connectivity index (χ2n) is 21.5. The highest BCUT2D eigenvalue weighted by atomic mass is 16.7. The Balaban J connectivity index is 1.74. The molecule has 0 aromatic heterocycles. The fraction of sp³-hybridized carbons (Fsp3) is 0.823. The van der Waals surface area contributed by atoms with Crippen LogP contribution in [0.3, 0.4) is 0 Å². The summed E-state index contributed by atoms with van der Waals surface area (Å²) in [4.78, 5) is 13.2. The van der Waals surface area contributed by atoms with E-state index in [0.29, 0.717) is 6.42 Å². The minimum atomic E-state index is -1.79. The minimum absolute atomic E-state index is 0.227. The normalized spacial score (nSPS) is 25.3. The molecule has 2 aliphatic heterocycles. The zero-order chi connectivity index (χ0) is 55.3. The summed E-state index contributed by atoms with van der Waals surface area (Å²) in [5.74, 6) is -0.280. The Hall–Kier alpha value is -2.31. The van der Waals surface area contributed by atoms with Crippen molar-refractivity contribution in [1.29, 1.82) is 0 Å². The van der Waals surface area contributed by atoms with Gasteiger partial charge in [0, 0.05) is 6.42 Å². The number of hydrogen-bond donors (Lipinski definition) is 9. The molecule has 2 fully saturated rings. The van der Waals surface area contributed by atoms with Crippen molar-refractivity contribution in [1.82, 2.24) is 5.32 Å². The smallest absolute Gasteiger partial charge is 0.220 e. The number of allylic oxidation sites excluding steroid dienone is 9. The number of rotatable bonds is 48. The third-order valence-electron chi connectivity index (χ3n) is 14.7. The molecule has 14 nitrogen and oxygen atoms in total. The van der Waals surface area contributed by atoms with Crippen LogP contribution in [0, 0.1) is 0 Å². The number of hydrogen-bond acceptors (Lipinski definition) is 13. The molecule has 0 spiro atoms. The Morgan fingerprint density at radius 1 is 0.487 bits per heavy atom. The number of amides is 1. The van der Waals surface area contributed by atoms with Crippen LogP contribution in [0.5, 0.6) is 0 Å². The van der Waals surface area contributed by atoms with Gasteiger partial charge in [-0.25, -0.2) is 0 Å². The second-order valence-corrected chi connectivity index (χ2v) is 21.5.